The third-order valence-electron chi connectivity index (χ3n) is 8.42. The van der Waals surface area contributed by atoms with Crippen LogP contribution in [0.1, 0.15) is 48.7 Å². The van der Waals surface area contributed by atoms with E-state index < -0.39 is 12.0 Å². The van der Waals surface area contributed by atoms with E-state index in [0.29, 0.717) is 73.7 Å². The van der Waals surface area contributed by atoms with Gasteiger partial charge in [-0.15, -0.1) is 0 Å². The summed E-state index contributed by atoms with van der Waals surface area (Å²) < 4.78 is 38.0. The highest BCUT2D eigenvalue weighted by Gasteiger charge is 2.23. The molecule has 2 unspecified atom stereocenters. The molecule has 1 aliphatic rings. The van der Waals surface area contributed by atoms with Crippen molar-refractivity contribution in [2.45, 2.75) is 52.1 Å². The summed E-state index contributed by atoms with van der Waals surface area (Å²) in [6.07, 6.45) is -0.516. The van der Waals surface area contributed by atoms with Crippen LogP contribution in [0.4, 0.5) is 11.4 Å². The number of ether oxygens (including phenoxy) is 5. The van der Waals surface area contributed by atoms with Crippen LogP contribution in [-0.2, 0) is 4.74 Å². The SMILES string of the molecule is CC(C)Oc1ccc(-c2cc(C(=O)Nc3ccc(OCC(O)CN)cc3)no2)cc1Cl.CC(C)Oc1ccc(-c2cc(C(=O)Nc3ccc(OCC4CO4)cc3)no2)cc1Cl.N. The van der Waals surface area contributed by atoms with Crippen LogP contribution < -0.4 is 41.5 Å². The van der Waals surface area contributed by atoms with Gasteiger partial charge in [0.1, 0.15) is 48.4 Å². The van der Waals surface area contributed by atoms with E-state index in [1.165, 1.54) is 6.07 Å². The molecule has 2 aromatic heterocycles. The number of aliphatic hydroxyl groups is 1. The molecule has 0 spiro atoms. The van der Waals surface area contributed by atoms with Crippen LogP contribution >= 0.6 is 23.2 Å². The molecular formula is C44H48Cl2N6O10. The average Bonchev–Trinajstić information content (AvgIpc) is 3.69. The minimum Gasteiger partial charge on any atom is -0.491 e. The Morgan fingerprint density at radius 1 is 0.726 bits per heavy atom. The first-order chi connectivity index (χ1) is 29.3. The molecule has 328 valence electrons. The number of hydrogen-bond donors (Lipinski definition) is 5. The maximum Gasteiger partial charge on any atom is 0.277 e. The molecule has 0 bridgehead atoms. The lowest BCUT2D eigenvalue weighted by molar-refractivity contribution is 0.101. The summed E-state index contributed by atoms with van der Waals surface area (Å²) in [6.45, 7) is 9.17. The first-order valence-corrected chi connectivity index (χ1v) is 20.0. The van der Waals surface area contributed by atoms with Crippen molar-refractivity contribution in [3.63, 3.8) is 0 Å². The number of hydrogen-bond acceptors (Lipinski definition) is 14. The smallest absolute Gasteiger partial charge is 0.277 e. The van der Waals surface area contributed by atoms with E-state index in [9.17, 15) is 14.7 Å². The van der Waals surface area contributed by atoms with E-state index in [4.69, 9.17) is 61.7 Å². The Bertz CT molecular complexity index is 2380. The molecule has 16 nitrogen and oxygen atoms in total. The van der Waals surface area contributed by atoms with Crippen LogP contribution in [0.3, 0.4) is 0 Å². The predicted molar refractivity (Wildman–Crippen MR) is 235 cm³/mol. The number of halogens is 2. The summed E-state index contributed by atoms with van der Waals surface area (Å²) in [6, 6.07) is 27.4. The second-order valence-corrected chi connectivity index (χ2v) is 15.0. The quantitative estimate of drug-likeness (QED) is 0.0538. The van der Waals surface area contributed by atoms with Crippen LogP contribution in [0.15, 0.2) is 106 Å². The van der Waals surface area contributed by atoms with Crippen LogP contribution in [0, 0.1) is 0 Å². The predicted octanol–water partition coefficient (Wildman–Crippen LogP) is 8.71. The summed E-state index contributed by atoms with van der Waals surface area (Å²) in [4.78, 5) is 25.0. The Hall–Kier alpha value is -6.14. The number of amides is 2. The molecule has 2 atom stereocenters. The molecule has 1 aliphatic heterocycles. The molecular weight excluding hydrogens is 843 g/mol. The second kappa shape index (κ2) is 22.1. The number of rotatable bonds is 17. The van der Waals surface area contributed by atoms with E-state index in [0.717, 1.165) is 6.61 Å². The third kappa shape index (κ3) is 13.7. The highest BCUT2D eigenvalue weighted by molar-refractivity contribution is 6.32. The summed E-state index contributed by atoms with van der Waals surface area (Å²) in [7, 11) is 0. The zero-order valence-corrected chi connectivity index (χ0v) is 35.9. The minimum absolute atomic E-state index is 0. The van der Waals surface area contributed by atoms with Gasteiger partial charge in [-0.25, -0.2) is 0 Å². The van der Waals surface area contributed by atoms with Gasteiger partial charge in [0.05, 0.1) is 28.9 Å². The fourth-order valence-corrected chi connectivity index (χ4v) is 5.77. The fourth-order valence-electron chi connectivity index (χ4n) is 5.32. The Balaban J connectivity index is 0.000000231. The number of aliphatic hydroxyl groups excluding tert-OH is 1. The van der Waals surface area contributed by atoms with Crippen molar-refractivity contribution in [2.75, 3.05) is 37.0 Å². The Labute approximate surface area is 368 Å². The molecule has 3 heterocycles. The Kier molecular flexibility index (Phi) is 16.7. The lowest BCUT2D eigenvalue weighted by Gasteiger charge is -2.11. The standard InChI is InChI=1S/C22H24ClN3O5.C22H21ClN2O5.H3N/c1-13(2)30-20-8-3-14(9-18(20)23)21-10-19(26-31-21)22(28)25-15-4-6-17(7-5-15)29-12-16(27)11-24;1-13(2)29-20-8-3-14(9-18(20)23)21-10-19(25-30-21)22(26)24-15-4-6-16(7-5-15)27-11-17-12-28-17;/h3-10,13,16,27H,11-12,24H2,1-2H3,(H,25,28);3-10,13,17H,11-12H2,1-2H3,(H,24,26);1H3. The van der Waals surface area contributed by atoms with Gasteiger partial charge < -0.3 is 60.4 Å². The molecule has 8 N–H and O–H groups in total. The molecule has 18 heteroatoms. The number of benzene rings is 4. The number of nitrogens with zero attached hydrogens (tertiary/aromatic N) is 2. The van der Waals surface area contributed by atoms with E-state index in [-0.39, 0.29) is 54.9 Å². The lowest BCUT2D eigenvalue weighted by atomic mass is 10.1. The van der Waals surface area contributed by atoms with Crippen molar-refractivity contribution in [1.29, 1.82) is 0 Å². The molecule has 0 radical (unpaired) electrons. The van der Waals surface area contributed by atoms with Gasteiger partial charge in [0.15, 0.2) is 22.9 Å². The number of carbonyl (C=O) groups is 2. The van der Waals surface area contributed by atoms with Gasteiger partial charge in [-0.1, -0.05) is 33.5 Å². The highest BCUT2D eigenvalue weighted by Crippen LogP contribution is 2.33. The molecule has 6 aromatic rings. The molecule has 0 saturated carbocycles. The van der Waals surface area contributed by atoms with Crippen molar-refractivity contribution < 1.29 is 47.4 Å². The van der Waals surface area contributed by atoms with Crippen molar-refractivity contribution >= 4 is 46.4 Å². The van der Waals surface area contributed by atoms with E-state index >= 15 is 0 Å². The van der Waals surface area contributed by atoms with Gasteiger partial charge in [0.25, 0.3) is 11.8 Å². The van der Waals surface area contributed by atoms with E-state index in [1.54, 1.807) is 91.0 Å². The van der Waals surface area contributed by atoms with Crippen LogP contribution in [-0.4, -0.2) is 78.0 Å². The molecule has 1 fully saturated rings. The Morgan fingerprint density at radius 3 is 1.55 bits per heavy atom. The van der Waals surface area contributed by atoms with Crippen LogP contribution in [0.2, 0.25) is 10.0 Å². The molecule has 2 amide bonds. The normalized spacial score (nSPS) is 13.3. The monoisotopic (exact) mass is 890 g/mol. The fraction of sp³-hybridized carbons (Fsp3) is 0.273. The first kappa shape index (κ1) is 46.9. The molecule has 1 saturated heterocycles. The topological polar surface area (TPSA) is 241 Å². The number of anilines is 2. The van der Waals surface area contributed by atoms with Crippen molar-refractivity contribution in [3.8, 4) is 45.6 Å². The maximum atomic E-state index is 12.5. The van der Waals surface area contributed by atoms with Gasteiger partial charge in [0.2, 0.25) is 0 Å². The van der Waals surface area contributed by atoms with Crippen LogP contribution in [0.5, 0.6) is 23.0 Å². The van der Waals surface area contributed by atoms with Gasteiger partial charge in [0, 0.05) is 41.2 Å². The summed E-state index contributed by atoms with van der Waals surface area (Å²) >= 11 is 12.5. The molecule has 4 aromatic carbocycles. The van der Waals surface area contributed by atoms with Gasteiger partial charge in [-0.2, -0.15) is 0 Å². The highest BCUT2D eigenvalue weighted by atomic mass is 35.5. The zero-order chi connectivity index (χ0) is 43.5. The molecule has 0 aliphatic carbocycles. The number of aromatic nitrogens is 2. The van der Waals surface area contributed by atoms with Crippen molar-refractivity contribution in [1.82, 2.24) is 16.5 Å². The summed E-state index contributed by atoms with van der Waals surface area (Å²) in [5.74, 6) is 2.47. The van der Waals surface area contributed by atoms with Gasteiger partial charge in [-0.05, 0) is 113 Å². The Morgan fingerprint density at radius 2 is 1.16 bits per heavy atom. The third-order valence-corrected chi connectivity index (χ3v) is 9.01. The largest absolute Gasteiger partial charge is 0.491 e. The number of carbonyl (C=O) groups excluding carboxylic acids is 2. The van der Waals surface area contributed by atoms with Gasteiger partial charge in [-0.3, -0.25) is 9.59 Å². The second-order valence-electron chi connectivity index (χ2n) is 14.2. The maximum absolute atomic E-state index is 12.5. The van der Waals surface area contributed by atoms with Crippen LogP contribution in [0.25, 0.3) is 22.6 Å². The number of nitrogens with two attached hydrogens (primary N) is 1. The number of nitrogens with one attached hydrogen (secondary N) is 2. The molecule has 7 rings (SSSR count). The van der Waals surface area contributed by atoms with E-state index in [2.05, 4.69) is 20.9 Å². The minimum atomic E-state index is -0.727. The van der Waals surface area contributed by atoms with Crippen molar-refractivity contribution in [3.05, 3.63) is 118 Å². The molecule has 62 heavy (non-hydrogen) atoms. The average molecular weight is 892 g/mol. The first-order valence-electron chi connectivity index (χ1n) is 19.3. The van der Waals surface area contributed by atoms with Crippen molar-refractivity contribution in [2.24, 2.45) is 5.73 Å². The lowest BCUT2D eigenvalue weighted by Crippen LogP contribution is -2.26. The summed E-state index contributed by atoms with van der Waals surface area (Å²) in [5, 5.41) is 23.5. The van der Waals surface area contributed by atoms with E-state index in [1.807, 2.05) is 27.7 Å². The summed E-state index contributed by atoms with van der Waals surface area (Å²) in [5.41, 5.74) is 8.17. The van der Waals surface area contributed by atoms with Gasteiger partial charge >= 0.3 is 0 Å². The zero-order valence-electron chi connectivity index (χ0n) is 34.4. The number of epoxide rings is 1.